The molecule has 0 saturated carbocycles. The van der Waals surface area contributed by atoms with E-state index in [1.54, 1.807) is 6.07 Å². The van der Waals surface area contributed by atoms with E-state index in [0.29, 0.717) is 11.5 Å². The number of anilines is 1. The normalized spacial score (nSPS) is 21.9. The van der Waals surface area contributed by atoms with Crippen LogP contribution in [0.25, 0.3) is 5.57 Å². The summed E-state index contributed by atoms with van der Waals surface area (Å²) in [4.78, 5) is 5.04. The lowest BCUT2D eigenvalue weighted by atomic mass is 9.77. The Morgan fingerprint density at radius 1 is 0.853 bits per heavy atom. The standard InChI is InChI=1S/C30H32N2O2/c1-2-31-13-4-14-32(16-15-31)23-6-3-5-21(17-23)27-20-30(29-10-8-25(34)19-26(27)29)12-11-22-18-24(33)7-9-28(22)30/h3,5-10,17-20,33-34H,2,4,11-16H2,1H3. The fourth-order valence-electron chi connectivity index (χ4n) is 6.32. The van der Waals surface area contributed by atoms with Crippen molar-refractivity contribution < 1.29 is 10.2 Å². The lowest BCUT2D eigenvalue weighted by Gasteiger charge is -2.25. The minimum atomic E-state index is -0.207. The highest BCUT2D eigenvalue weighted by atomic mass is 16.3. The topological polar surface area (TPSA) is 46.9 Å². The van der Waals surface area contributed by atoms with Gasteiger partial charge >= 0.3 is 0 Å². The molecule has 1 spiro atoms. The SMILES string of the molecule is CCN1CCCN(c2cccc(C3=CC4(CCc5cc(O)ccc54)c4ccc(O)cc43)c2)CC1. The van der Waals surface area contributed by atoms with E-state index < -0.39 is 0 Å². The Morgan fingerprint density at radius 2 is 1.68 bits per heavy atom. The van der Waals surface area contributed by atoms with Crippen LogP contribution in [0, 0.1) is 0 Å². The van der Waals surface area contributed by atoms with Crippen molar-refractivity contribution in [2.24, 2.45) is 0 Å². The first-order valence-electron chi connectivity index (χ1n) is 12.5. The second-order valence-corrected chi connectivity index (χ2v) is 9.93. The van der Waals surface area contributed by atoms with Crippen molar-refractivity contribution in [2.75, 3.05) is 37.6 Å². The first-order chi connectivity index (χ1) is 16.6. The minimum Gasteiger partial charge on any atom is -0.508 e. The van der Waals surface area contributed by atoms with E-state index in [1.807, 2.05) is 18.2 Å². The van der Waals surface area contributed by atoms with E-state index in [0.717, 1.165) is 44.6 Å². The number of aryl methyl sites for hydroxylation is 1. The van der Waals surface area contributed by atoms with Gasteiger partial charge < -0.3 is 20.0 Å². The van der Waals surface area contributed by atoms with Crippen molar-refractivity contribution in [3.8, 4) is 11.5 Å². The first kappa shape index (κ1) is 21.3. The number of nitrogens with zero attached hydrogens (tertiary/aromatic N) is 2. The molecule has 1 atom stereocenters. The summed E-state index contributed by atoms with van der Waals surface area (Å²) in [5.41, 5.74) is 8.32. The number of benzene rings is 3. The highest BCUT2D eigenvalue weighted by Gasteiger charge is 2.44. The van der Waals surface area contributed by atoms with Gasteiger partial charge in [-0.2, -0.15) is 0 Å². The summed E-state index contributed by atoms with van der Waals surface area (Å²) < 4.78 is 0. The summed E-state index contributed by atoms with van der Waals surface area (Å²) in [5.74, 6) is 0.629. The van der Waals surface area contributed by atoms with Gasteiger partial charge in [0.25, 0.3) is 0 Å². The molecule has 1 unspecified atom stereocenters. The number of hydrogen-bond acceptors (Lipinski definition) is 4. The third kappa shape index (κ3) is 3.40. The molecule has 3 aromatic rings. The van der Waals surface area contributed by atoms with Crippen LogP contribution in [0.4, 0.5) is 5.69 Å². The molecular weight excluding hydrogens is 420 g/mol. The lowest BCUT2D eigenvalue weighted by molar-refractivity contribution is 0.310. The van der Waals surface area contributed by atoms with Crippen molar-refractivity contribution in [3.05, 3.63) is 94.6 Å². The summed E-state index contributed by atoms with van der Waals surface area (Å²) in [5, 5.41) is 20.4. The second kappa shape index (κ2) is 8.21. The molecule has 0 aromatic heterocycles. The van der Waals surface area contributed by atoms with Crippen LogP contribution in [-0.4, -0.2) is 47.8 Å². The molecule has 0 radical (unpaired) electrons. The summed E-state index contributed by atoms with van der Waals surface area (Å²) in [7, 11) is 0. The van der Waals surface area contributed by atoms with Crippen molar-refractivity contribution in [1.82, 2.24) is 4.90 Å². The van der Waals surface area contributed by atoms with Crippen LogP contribution in [0.2, 0.25) is 0 Å². The Kier molecular flexibility index (Phi) is 5.14. The van der Waals surface area contributed by atoms with Crippen molar-refractivity contribution in [1.29, 1.82) is 0 Å². The van der Waals surface area contributed by atoms with Crippen LogP contribution in [0.3, 0.4) is 0 Å². The minimum absolute atomic E-state index is 0.207. The predicted molar refractivity (Wildman–Crippen MR) is 138 cm³/mol. The second-order valence-electron chi connectivity index (χ2n) is 9.93. The van der Waals surface area contributed by atoms with Gasteiger partial charge in [0, 0.05) is 30.7 Å². The van der Waals surface area contributed by atoms with E-state index in [4.69, 9.17) is 0 Å². The van der Waals surface area contributed by atoms with E-state index in [9.17, 15) is 10.2 Å². The maximum atomic E-state index is 10.4. The van der Waals surface area contributed by atoms with Crippen LogP contribution < -0.4 is 4.90 Å². The van der Waals surface area contributed by atoms with E-state index >= 15 is 0 Å². The number of likely N-dealkylation sites (N-methyl/N-ethyl adjacent to an activating group) is 1. The highest BCUT2D eigenvalue weighted by Crippen LogP contribution is 2.54. The molecule has 4 heteroatoms. The van der Waals surface area contributed by atoms with Crippen LogP contribution >= 0.6 is 0 Å². The Hall–Kier alpha value is -3.24. The Balaban J connectivity index is 1.43. The molecule has 2 aliphatic carbocycles. The molecule has 1 saturated heterocycles. The molecule has 34 heavy (non-hydrogen) atoms. The van der Waals surface area contributed by atoms with Crippen LogP contribution in [0.1, 0.15) is 47.6 Å². The number of fused-ring (bicyclic) bond motifs is 4. The average molecular weight is 453 g/mol. The summed E-state index contributed by atoms with van der Waals surface area (Å²) in [6, 6.07) is 20.5. The van der Waals surface area contributed by atoms with Gasteiger partial charge in [-0.1, -0.05) is 37.3 Å². The van der Waals surface area contributed by atoms with Gasteiger partial charge in [-0.05, 0) is 102 Å². The zero-order valence-corrected chi connectivity index (χ0v) is 19.8. The molecule has 4 nitrogen and oxygen atoms in total. The maximum absolute atomic E-state index is 10.4. The third-order valence-electron chi connectivity index (χ3n) is 8.08. The quantitative estimate of drug-likeness (QED) is 0.566. The molecule has 3 aliphatic rings. The Labute approximate surface area is 201 Å². The number of hydrogen-bond donors (Lipinski definition) is 2. The van der Waals surface area contributed by atoms with Crippen LogP contribution in [0.5, 0.6) is 11.5 Å². The zero-order valence-electron chi connectivity index (χ0n) is 19.8. The van der Waals surface area contributed by atoms with Gasteiger partial charge in [-0.15, -0.1) is 0 Å². The molecule has 174 valence electrons. The molecule has 0 bridgehead atoms. The van der Waals surface area contributed by atoms with Gasteiger partial charge in [0.15, 0.2) is 0 Å². The van der Waals surface area contributed by atoms with Gasteiger partial charge in [-0.3, -0.25) is 0 Å². The molecule has 1 aliphatic heterocycles. The molecule has 1 fully saturated rings. The summed E-state index contributed by atoms with van der Waals surface area (Å²) in [6.07, 6.45) is 5.52. The monoisotopic (exact) mass is 452 g/mol. The molecule has 2 N–H and O–H groups in total. The van der Waals surface area contributed by atoms with Crippen molar-refractivity contribution in [2.45, 2.75) is 31.6 Å². The van der Waals surface area contributed by atoms with Crippen molar-refractivity contribution in [3.63, 3.8) is 0 Å². The average Bonchev–Trinajstić information content (AvgIpc) is 3.25. The first-order valence-corrected chi connectivity index (χ1v) is 12.5. The maximum Gasteiger partial charge on any atom is 0.116 e. The van der Waals surface area contributed by atoms with Crippen LogP contribution in [0.15, 0.2) is 66.7 Å². The van der Waals surface area contributed by atoms with E-state index in [-0.39, 0.29) is 5.41 Å². The van der Waals surface area contributed by atoms with Gasteiger partial charge in [0.05, 0.1) is 0 Å². The fourth-order valence-corrected chi connectivity index (χ4v) is 6.32. The fraction of sp³-hybridized carbons (Fsp3) is 0.333. The number of phenols is 2. The number of aromatic hydroxyl groups is 2. The summed E-state index contributed by atoms with van der Waals surface area (Å²) in [6.45, 7) is 7.76. The van der Waals surface area contributed by atoms with E-state index in [2.05, 4.69) is 59.2 Å². The Morgan fingerprint density at radius 3 is 2.53 bits per heavy atom. The smallest absolute Gasteiger partial charge is 0.116 e. The predicted octanol–water partition coefficient (Wildman–Crippen LogP) is 5.31. The van der Waals surface area contributed by atoms with Gasteiger partial charge in [0.1, 0.15) is 11.5 Å². The molecular formula is C30H32N2O2. The largest absolute Gasteiger partial charge is 0.508 e. The molecule has 6 rings (SSSR count). The highest BCUT2D eigenvalue weighted by molar-refractivity contribution is 5.90. The van der Waals surface area contributed by atoms with Crippen LogP contribution in [-0.2, 0) is 11.8 Å². The van der Waals surface area contributed by atoms with Gasteiger partial charge in [-0.25, -0.2) is 0 Å². The molecule has 0 amide bonds. The van der Waals surface area contributed by atoms with E-state index in [1.165, 1.54) is 46.5 Å². The van der Waals surface area contributed by atoms with Gasteiger partial charge in [0.2, 0.25) is 0 Å². The number of phenolic OH excluding ortho intramolecular Hbond substituents is 2. The summed E-state index contributed by atoms with van der Waals surface area (Å²) >= 11 is 0. The number of rotatable bonds is 3. The molecule has 3 aromatic carbocycles. The van der Waals surface area contributed by atoms with Crippen molar-refractivity contribution >= 4 is 11.3 Å². The zero-order chi connectivity index (χ0) is 23.3. The number of allylic oxidation sites excluding steroid dienone is 1. The third-order valence-corrected chi connectivity index (χ3v) is 8.08. The molecule has 1 heterocycles. The Bertz CT molecular complexity index is 1280. The lowest BCUT2D eigenvalue weighted by Crippen LogP contribution is -2.30.